The zero-order valence-electron chi connectivity index (χ0n) is 49.2. The lowest BCUT2D eigenvalue weighted by Crippen LogP contribution is -2.29. The molecule has 0 radical (unpaired) electrons. The van der Waals surface area contributed by atoms with Crippen LogP contribution in [0.1, 0.15) is 290 Å². The van der Waals surface area contributed by atoms with Gasteiger partial charge in [-0.1, -0.05) is 292 Å². The number of esters is 2. The summed E-state index contributed by atoms with van der Waals surface area (Å²) in [6.45, 7) is 3.67. The molecule has 0 bridgehead atoms. The van der Waals surface area contributed by atoms with Crippen LogP contribution in [0.5, 0.6) is 0 Å². The van der Waals surface area contributed by atoms with Crippen LogP contribution in [0.4, 0.5) is 0 Å². The Morgan fingerprint density at radius 3 is 1.08 bits per heavy atom. The standard InChI is InChI=1S/C66H118NO8P/c1-3-5-7-9-11-13-15-17-19-21-23-25-26-27-28-29-30-31-32-33-34-35-36-37-38-39-41-43-45-47-49-51-53-55-57-59-66(69)75-64(63-74-76(70,71)73-61-60-67)62-72-65(68)58-56-54-52-50-48-46-44-42-40-24-22-20-18-16-14-12-10-8-6-4-2/h5,7,11,13,17,19,23,25,27-28,30-31,33-34,64H,3-4,6,8-10,12,14-16,18,20-22,24,26,29,32,35-63,67H2,1-2H3,(H,70,71)/b7-5-,13-11-,19-17-,25-23-,28-27-,31-30-,34-33-. The van der Waals surface area contributed by atoms with Crippen molar-refractivity contribution in [1.82, 2.24) is 0 Å². The number of phosphoric acid groups is 1. The maximum atomic E-state index is 12.7. The van der Waals surface area contributed by atoms with Crippen molar-refractivity contribution in [3.63, 3.8) is 0 Å². The summed E-state index contributed by atoms with van der Waals surface area (Å²) < 4.78 is 33.1. The first-order valence-electron chi connectivity index (χ1n) is 31.6. The van der Waals surface area contributed by atoms with Gasteiger partial charge in [-0.15, -0.1) is 0 Å². The molecule has 0 fully saturated rings. The average molecular weight is 1080 g/mol. The van der Waals surface area contributed by atoms with E-state index >= 15 is 0 Å². The van der Waals surface area contributed by atoms with Crippen LogP contribution in [0.15, 0.2) is 85.1 Å². The molecular formula is C66H118NO8P. The maximum absolute atomic E-state index is 12.7. The van der Waals surface area contributed by atoms with E-state index in [1.54, 1.807) is 0 Å². The van der Waals surface area contributed by atoms with Gasteiger partial charge in [0.25, 0.3) is 0 Å². The van der Waals surface area contributed by atoms with Crippen LogP contribution in [0.3, 0.4) is 0 Å². The molecule has 0 saturated heterocycles. The van der Waals surface area contributed by atoms with Crippen molar-refractivity contribution in [3.8, 4) is 0 Å². The molecule has 0 amide bonds. The van der Waals surface area contributed by atoms with E-state index in [1.165, 1.54) is 173 Å². The number of carbonyl (C=O) groups excluding carboxylic acids is 2. The summed E-state index contributed by atoms with van der Waals surface area (Å²) in [6, 6.07) is 0. The molecule has 0 aliphatic heterocycles. The summed E-state index contributed by atoms with van der Waals surface area (Å²) >= 11 is 0. The van der Waals surface area contributed by atoms with Crippen molar-refractivity contribution in [2.45, 2.75) is 296 Å². The van der Waals surface area contributed by atoms with Gasteiger partial charge in [0.05, 0.1) is 13.2 Å². The van der Waals surface area contributed by atoms with Gasteiger partial charge in [-0.2, -0.15) is 0 Å². The summed E-state index contributed by atoms with van der Waals surface area (Å²) in [5.41, 5.74) is 5.39. The smallest absolute Gasteiger partial charge is 0.462 e. The van der Waals surface area contributed by atoms with Gasteiger partial charge < -0.3 is 20.1 Å². The fraction of sp³-hybridized carbons (Fsp3) is 0.758. The molecule has 0 aliphatic rings. The number of carbonyl (C=O) groups is 2. The van der Waals surface area contributed by atoms with Crippen LogP contribution in [0, 0.1) is 0 Å². The predicted octanol–water partition coefficient (Wildman–Crippen LogP) is 20.2. The van der Waals surface area contributed by atoms with E-state index in [0.29, 0.717) is 6.42 Å². The Morgan fingerprint density at radius 2 is 0.724 bits per heavy atom. The largest absolute Gasteiger partial charge is 0.472 e. The minimum Gasteiger partial charge on any atom is -0.462 e. The highest BCUT2D eigenvalue weighted by molar-refractivity contribution is 7.47. The van der Waals surface area contributed by atoms with Crippen LogP contribution in [0.25, 0.3) is 0 Å². The molecule has 440 valence electrons. The third kappa shape index (κ3) is 60.4. The Balaban J connectivity index is 3.92. The van der Waals surface area contributed by atoms with Gasteiger partial charge in [0, 0.05) is 19.4 Å². The van der Waals surface area contributed by atoms with E-state index in [1.807, 2.05) is 0 Å². The van der Waals surface area contributed by atoms with E-state index < -0.39 is 26.5 Å². The van der Waals surface area contributed by atoms with Gasteiger partial charge in [-0.25, -0.2) is 4.57 Å². The number of hydrogen-bond donors (Lipinski definition) is 2. The monoisotopic (exact) mass is 1080 g/mol. The quantitative estimate of drug-likeness (QED) is 0.0264. The SMILES string of the molecule is CC/C=C\C/C=C\C/C=C\C/C=C\C/C=C\C/C=C\C/C=C\CCCCCCCCCCCCCCCC(=O)OC(COC(=O)CCCCCCCCCCCCCCCCCCCCCC)COP(=O)(O)OCCN. The zero-order valence-corrected chi connectivity index (χ0v) is 50.1. The number of hydrogen-bond acceptors (Lipinski definition) is 8. The first-order chi connectivity index (χ1) is 37.3. The summed E-state index contributed by atoms with van der Waals surface area (Å²) in [5.74, 6) is -0.819. The van der Waals surface area contributed by atoms with Crippen LogP contribution in [-0.4, -0.2) is 49.3 Å². The van der Waals surface area contributed by atoms with Gasteiger partial charge in [0.2, 0.25) is 0 Å². The van der Waals surface area contributed by atoms with Crippen LogP contribution >= 0.6 is 7.82 Å². The molecule has 0 rings (SSSR count). The second-order valence-corrected chi connectivity index (χ2v) is 22.4. The predicted molar refractivity (Wildman–Crippen MR) is 325 cm³/mol. The van der Waals surface area contributed by atoms with Crippen LogP contribution in [-0.2, 0) is 32.7 Å². The Kier molecular flexibility index (Phi) is 59.1. The number of nitrogens with two attached hydrogens (primary N) is 1. The highest BCUT2D eigenvalue weighted by atomic mass is 31.2. The van der Waals surface area contributed by atoms with Gasteiger partial charge >= 0.3 is 19.8 Å². The Labute approximate surface area is 468 Å². The Hall–Kier alpha value is -2.81. The highest BCUT2D eigenvalue weighted by Gasteiger charge is 2.26. The maximum Gasteiger partial charge on any atom is 0.472 e. The molecule has 0 saturated carbocycles. The normalized spacial score (nSPS) is 13.6. The lowest BCUT2D eigenvalue weighted by molar-refractivity contribution is -0.161. The molecule has 0 aromatic heterocycles. The molecule has 2 unspecified atom stereocenters. The number of phosphoric ester groups is 1. The molecular weight excluding hydrogens is 966 g/mol. The first-order valence-corrected chi connectivity index (χ1v) is 33.1. The third-order valence-corrected chi connectivity index (χ3v) is 14.5. The molecule has 9 nitrogen and oxygen atoms in total. The molecule has 3 N–H and O–H groups in total. The fourth-order valence-electron chi connectivity index (χ4n) is 8.91. The van der Waals surface area contributed by atoms with Crippen molar-refractivity contribution in [2.24, 2.45) is 5.73 Å². The fourth-order valence-corrected chi connectivity index (χ4v) is 9.68. The highest BCUT2D eigenvalue weighted by Crippen LogP contribution is 2.43. The van der Waals surface area contributed by atoms with Crippen molar-refractivity contribution in [1.29, 1.82) is 0 Å². The summed E-state index contributed by atoms with van der Waals surface area (Å²) in [6.07, 6.45) is 80.8. The first kappa shape index (κ1) is 73.2. The second kappa shape index (κ2) is 61.4. The molecule has 0 aromatic carbocycles. The van der Waals surface area contributed by atoms with E-state index in [0.717, 1.165) is 83.5 Å². The third-order valence-electron chi connectivity index (χ3n) is 13.5. The molecule has 0 heterocycles. The van der Waals surface area contributed by atoms with E-state index in [4.69, 9.17) is 24.3 Å². The summed E-state index contributed by atoms with van der Waals surface area (Å²) in [5, 5.41) is 0. The lowest BCUT2D eigenvalue weighted by atomic mass is 10.0. The van der Waals surface area contributed by atoms with Gasteiger partial charge in [0.15, 0.2) is 6.10 Å². The summed E-state index contributed by atoms with van der Waals surface area (Å²) in [7, 11) is -4.39. The molecule has 10 heteroatoms. The van der Waals surface area contributed by atoms with Crippen LogP contribution in [0.2, 0.25) is 0 Å². The van der Waals surface area contributed by atoms with Gasteiger partial charge in [0.1, 0.15) is 6.61 Å². The molecule has 2 atom stereocenters. The average Bonchev–Trinajstić information content (AvgIpc) is 3.41. The van der Waals surface area contributed by atoms with Crippen molar-refractivity contribution >= 4 is 19.8 Å². The zero-order chi connectivity index (χ0) is 55.2. The summed E-state index contributed by atoms with van der Waals surface area (Å²) in [4.78, 5) is 35.2. The lowest BCUT2D eigenvalue weighted by Gasteiger charge is -2.19. The van der Waals surface area contributed by atoms with Crippen LogP contribution < -0.4 is 5.73 Å². The molecule has 0 aromatic rings. The molecule has 0 spiro atoms. The second-order valence-electron chi connectivity index (χ2n) is 20.9. The van der Waals surface area contributed by atoms with Crippen molar-refractivity contribution in [3.05, 3.63) is 85.1 Å². The van der Waals surface area contributed by atoms with Gasteiger partial charge in [-0.3, -0.25) is 18.6 Å². The number of ether oxygens (including phenoxy) is 2. The van der Waals surface area contributed by atoms with Crippen molar-refractivity contribution in [2.75, 3.05) is 26.4 Å². The van der Waals surface area contributed by atoms with E-state index in [9.17, 15) is 19.0 Å². The van der Waals surface area contributed by atoms with Gasteiger partial charge in [-0.05, 0) is 70.6 Å². The minimum absolute atomic E-state index is 0.0523. The molecule has 76 heavy (non-hydrogen) atoms. The van der Waals surface area contributed by atoms with Crippen molar-refractivity contribution < 1.29 is 37.6 Å². The van der Waals surface area contributed by atoms with E-state index in [-0.39, 0.29) is 38.6 Å². The Bertz CT molecular complexity index is 1520. The number of allylic oxidation sites excluding steroid dienone is 14. The minimum atomic E-state index is -4.39. The topological polar surface area (TPSA) is 134 Å². The Morgan fingerprint density at radius 1 is 0.408 bits per heavy atom. The van der Waals surface area contributed by atoms with E-state index in [2.05, 4.69) is 98.9 Å². The number of rotatable bonds is 59. The number of unbranched alkanes of at least 4 members (excludes halogenated alkanes) is 32. The molecule has 0 aliphatic carbocycles.